The number of phenolic OH excluding ortho intramolecular Hbond substituents is 1. The number of hydrogen-bond acceptors (Lipinski definition) is 6. The van der Waals surface area contributed by atoms with Crippen LogP contribution in [0, 0.1) is 5.82 Å². The van der Waals surface area contributed by atoms with Gasteiger partial charge in [0.05, 0.1) is 11.4 Å². The molecule has 0 unspecified atom stereocenters. The molecule has 2 fully saturated rings. The first-order valence-electron chi connectivity index (χ1n) is 8.35. The molecule has 0 radical (unpaired) electrons. The maximum absolute atomic E-state index is 15.1. The average molecular weight is 396 g/mol. The van der Waals surface area contributed by atoms with Crippen LogP contribution in [-0.2, 0) is 19.7 Å². The number of rotatable bonds is 3. The maximum atomic E-state index is 15.1. The van der Waals surface area contributed by atoms with Crippen molar-refractivity contribution in [2.24, 2.45) is 0 Å². The number of ether oxygens (including phenoxy) is 1. The summed E-state index contributed by atoms with van der Waals surface area (Å²) in [6, 6.07) is 4.21. The van der Waals surface area contributed by atoms with Crippen LogP contribution in [0.3, 0.4) is 0 Å². The molecule has 0 aliphatic carbocycles. The van der Waals surface area contributed by atoms with Crippen molar-refractivity contribution < 1.29 is 27.4 Å². The van der Waals surface area contributed by atoms with Crippen molar-refractivity contribution in [2.45, 2.75) is 18.8 Å². The van der Waals surface area contributed by atoms with E-state index >= 15 is 4.39 Å². The van der Waals surface area contributed by atoms with Crippen LogP contribution in [0.1, 0.15) is 24.5 Å². The third-order valence-corrected chi connectivity index (χ3v) is 6.07. The van der Waals surface area contributed by atoms with Crippen molar-refractivity contribution in [1.29, 1.82) is 0 Å². The topological polar surface area (TPSA) is 125 Å². The second-order valence-corrected chi connectivity index (χ2v) is 8.02. The van der Waals surface area contributed by atoms with Gasteiger partial charge in [0.25, 0.3) is 5.91 Å². The summed E-state index contributed by atoms with van der Waals surface area (Å²) in [4.78, 5) is 11.4. The van der Waals surface area contributed by atoms with Crippen LogP contribution in [0.5, 0.6) is 5.75 Å². The number of carbonyl (C=O) groups is 1. The molecule has 2 aliphatic heterocycles. The zero-order chi connectivity index (χ0) is 19.2. The Hall–Kier alpha value is -2.66. The fourth-order valence-corrected chi connectivity index (χ4v) is 4.49. The van der Waals surface area contributed by atoms with Gasteiger partial charge in [-0.2, -0.15) is 13.5 Å². The highest BCUT2D eigenvalue weighted by Crippen LogP contribution is 2.39. The molecule has 9 nitrogen and oxygen atoms in total. The Balaban J connectivity index is 1.73. The average Bonchev–Trinajstić information content (AvgIpc) is 3.20. The van der Waals surface area contributed by atoms with E-state index < -0.39 is 39.9 Å². The summed E-state index contributed by atoms with van der Waals surface area (Å²) in [6.07, 6.45) is 1.63. The molecule has 1 amide bonds. The Morgan fingerprint density at radius 1 is 1.30 bits per heavy atom. The van der Waals surface area contributed by atoms with Crippen molar-refractivity contribution in [3.63, 3.8) is 0 Å². The van der Waals surface area contributed by atoms with Crippen LogP contribution in [-0.4, -0.2) is 49.4 Å². The molecule has 11 heteroatoms. The lowest BCUT2D eigenvalue weighted by Gasteiger charge is -2.19. The van der Waals surface area contributed by atoms with Crippen LogP contribution >= 0.6 is 0 Å². The van der Waals surface area contributed by atoms with Gasteiger partial charge in [0.2, 0.25) is 0 Å². The lowest BCUT2D eigenvalue weighted by Crippen LogP contribution is -2.30. The van der Waals surface area contributed by atoms with Crippen molar-refractivity contribution in [2.75, 3.05) is 24.1 Å². The molecule has 4 rings (SSSR count). The Morgan fingerprint density at radius 3 is 2.70 bits per heavy atom. The lowest BCUT2D eigenvalue weighted by molar-refractivity contribution is -0.117. The number of nitrogens with zero attached hydrogens (tertiary/aromatic N) is 2. The van der Waals surface area contributed by atoms with Crippen molar-refractivity contribution in [3.8, 4) is 17.0 Å². The van der Waals surface area contributed by atoms with Crippen LogP contribution in [0.15, 0.2) is 18.2 Å². The number of halogens is 1. The number of aromatic nitrogens is 2. The quantitative estimate of drug-likeness (QED) is 0.711. The summed E-state index contributed by atoms with van der Waals surface area (Å²) in [5.41, 5.74) is 0.593. The highest BCUT2D eigenvalue weighted by atomic mass is 32.2. The van der Waals surface area contributed by atoms with E-state index in [9.17, 15) is 18.3 Å². The van der Waals surface area contributed by atoms with E-state index in [1.54, 1.807) is 10.8 Å². The van der Waals surface area contributed by atoms with Crippen LogP contribution in [0.4, 0.5) is 10.1 Å². The van der Waals surface area contributed by atoms with E-state index in [-0.39, 0.29) is 11.5 Å². The predicted molar refractivity (Wildman–Crippen MR) is 92.8 cm³/mol. The van der Waals surface area contributed by atoms with Gasteiger partial charge in [0.15, 0.2) is 5.82 Å². The van der Waals surface area contributed by atoms with E-state index in [2.05, 4.69) is 10.2 Å². The van der Waals surface area contributed by atoms with Gasteiger partial charge < -0.3 is 9.84 Å². The molecule has 27 heavy (non-hydrogen) atoms. The van der Waals surface area contributed by atoms with E-state index in [1.807, 2.05) is 0 Å². The van der Waals surface area contributed by atoms with Crippen LogP contribution in [0.25, 0.3) is 11.3 Å². The summed E-state index contributed by atoms with van der Waals surface area (Å²) in [5.74, 6) is -2.15. The summed E-state index contributed by atoms with van der Waals surface area (Å²) in [5, 5.41) is 17.0. The van der Waals surface area contributed by atoms with Gasteiger partial charge in [0.1, 0.15) is 18.0 Å². The van der Waals surface area contributed by atoms with Gasteiger partial charge in [-0.3, -0.25) is 9.89 Å². The van der Waals surface area contributed by atoms with Gasteiger partial charge in [-0.15, -0.1) is 0 Å². The van der Waals surface area contributed by atoms with Crippen molar-refractivity contribution in [1.82, 2.24) is 14.9 Å². The van der Waals surface area contributed by atoms with Gasteiger partial charge in [-0.1, -0.05) is 0 Å². The van der Waals surface area contributed by atoms with Gasteiger partial charge >= 0.3 is 10.2 Å². The zero-order valence-electron chi connectivity index (χ0n) is 14.1. The largest absolute Gasteiger partial charge is 0.506 e. The van der Waals surface area contributed by atoms with Crippen LogP contribution in [0.2, 0.25) is 0 Å². The first kappa shape index (κ1) is 17.7. The van der Waals surface area contributed by atoms with Crippen molar-refractivity contribution in [3.05, 3.63) is 29.7 Å². The Bertz CT molecular complexity index is 1000. The molecule has 3 N–H and O–H groups in total. The number of amides is 1. The number of aromatic hydroxyl groups is 1. The number of benzene rings is 1. The molecule has 0 atom stereocenters. The summed E-state index contributed by atoms with van der Waals surface area (Å²) in [7, 11) is -4.25. The molecule has 144 valence electrons. The number of H-pyrrole nitrogens is 1. The third-order valence-electron chi connectivity index (χ3n) is 4.69. The highest BCUT2D eigenvalue weighted by Gasteiger charge is 2.38. The maximum Gasteiger partial charge on any atom is 0.326 e. The Morgan fingerprint density at radius 2 is 2.04 bits per heavy atom. The first-order valence-corrected chi connectivity index (χ1v) is 9.79. The molecule has 0 spiro atoms. The van der Waals surface area contributed by atoms with Gasteiger partial charge in [-0.25, -0.2) is 13.4 Å². The zero-order valence-corrected chi connectivity index (χ0v) is 14.9. The number of phenols is 1. The number of hydrogen-bond donors (Lipinski definition) is 3. The standard InChI is InChI=1S/C16H17FN4O5S/c17-15-10(12-7-11(18-19-12)9-3-5-26-6-4-9)1-2-13(22)16(15)21-8-14(23)20-27(21,24)25/h1-2,7,9,22H,3-6,8H2,(H,18,19)(H,20,23). The van der Waals surface area contributed by atoms with E-state index in [0.29, 0.717) is 23.2 Å². The van der Waals surface area contributed by atoms with Crippen molar-refractivity contribution >= 4 is 21.8 Å². The fraction of sp³-hybridized carbons (Fsp3) is 0.375. The molecule has 3 heterocycles. The number of aromatic amines is 1. The van der Waals surface area contributed by atoms with Gasteiger partial charge in [-0.05, 0) is 31.0 Å². The molecule has 0 saturated carbocycles. The third kappa shape index (κ3) is 3.12. The second kappa shape index (κ2) is 6.50. The molecule has 2 saturated heterocycles. The molecule has 1 aromatic heterocycles. The van der Waals surface area contributed by atoms with Crippen LogP contribution < -0.4 is 9.03 Å². The molecule has 0 bridgehead atoms. The molecular formula is C16H17FN4O5S. The Labute approximate surface area is 154 Å². The molecular weight excluding hydrogens is 379 g/mol. The number of anilines is 1. The summed E-state index contributed by atoms with van der Waals surface area (Å²) in [6.45, 7) is 0.670. The first-order chi connectivity index (χ1) is 12.9. The molecule has 2 aliphatic rings. The lowest BCUT2D eigenvalue weighted by atomic mass is 9.96. The SMILES string of the molecule is O=C1CN(c2c(O)ccc(-c3cc(C4CCOCC4)n[nH]3)c2F)S(=O)(=O)N1. The van der Waals surface area contributed by atoms with Gasteiger partial charge in [0, 0.05) is 24.7 Å². The Kier molecular flexibility index (Phi) is 4.27. The van der Waals surface area contributed by atoms with E-state index in [1.165, 1.54) is 12.1 Å². The minimum atomic E-state index is -4.25. The number of carbonyl (C=O) groups excluding carboxylic acids is 1. The predicted octanol–water partition coefficient (Wildman–Crippen LogP) is 0.996. The second-order valence-electron chi connectivity index (χ2n) is 6.42. The molecule has 2 aromatic rings. The number of nitrogens with one attached hydrogen (secondary N) is 2. The summed E-state index contributed by atoms with van der Waals surface area (Å²) < 4.78 is 46.7. The monoisotopic (exact) mass is 396 g/mol. The fourth-order valence-electron chi connectivity index (χ4n) is 3.32. The summed E-state index contributed by atoms with van der Waals surface area (Å²) >= 11 is 0. The highest BCUT2D eigenvalue weighted by molar-refractivity contribution is 7.92. The molecule has 1 aromatic carbocycles. The minimum absolute atomic E-state index is 0.0446. The van der Waals surface area contributed by atoms with E-state index in [4.69, 9.17) is 4.74 Å². The smallest absolute Gasteiger partial charge is 0.326 e. The normalized spacial score (nSPS) is 20.0. The van der Waals surface area contributed by atoms with E-state index in [0.717, 1.165) is 18.5 Å². The minimum Gasteiger partial charge on any atom is -0.506 e.